The molecular formula is C17H21N3O5. The Bertz CT molecular complexity index is 897. The molecule has 0 fully saturated rings. The third kappa shape index (κ3) is 4.56. The number of carbonyl (C=O) groups excluding carboxylic acids is 1. The molecule has 0 aliphatic carbocycles. The first-order valence-electron chi connectivity index (χ1n) is 8.03. The van der Waals surface area contributed by atoms with E-state index in [1.165, 1.54) is 0 Å². The van der Waals surface area contributed by atoms with Crippen LogP contribution in [0.2, 0.25) is 0 Å². The SMILES string of the molecule is CC(C)C[C@H](NC(=O)CCn1c(=O)[nH]c2ccccc2c1=O)C(=O)O. The summed E-state index contributed by atoms with van der Waals surface area (Å²) in [5.74, 6) is -1.53. The van der Waals surface area contributed by atoms with Crippen molar-refractivity contribution in [2.24, 2.45) is 5.92 Å². The molecular weight excluding hydrogens is 326 g/mol. The van der Waals surface area contributed by atoms with Gasteiger partial charge in [-0.15, -0.1) is 0 Å². The van der Waals surface area contributed by atoms with Gasteiger partial charge in [0.05, 0.1) is 10.9 Å². The molecule has 0 bridgehead atoms. The summed E-state index contributed by atoms with van der Waals surface area (Å²) in [6.07, 6.45) is 0.140. The first-order chi connectivity index (χ1) is 11.8. The van der Waals surface area contributed by atoms with Crippen LogP contribution in [0.3, 0.4) is 0 Å². The fourth-order valence-corrected chi connectivity index (χ4v) is 2.57. The maximum absolute atomic E-state index is 12.4. The second kappa shape index (κ2) is 7.78. The minimum Gasteiger partial charge on any atom is -0.480 e. The minimum absolute atomic E-state index is 0.104. The van der Waals surface area contributed by atoms with E-state index in [2.05, 4.69) is 10.3 Å². The van der Waals surface area contributed by atoms with Crippen LogP contribution in [0.1, 0.15) is 26.7 Å². The van der Waals surface area contributed by atoms with Crippen molar-refractivity contribution in [3.8, 4) is 0 Å². The molecule has 25 heavy (non-hydrogen) atoms. The number of hydrogen-bond acceptors (Lipinski definition) is 4. The summed E-state index contributed by atoms with van der Waals surface area (Å²) >= 11 is 0. The molecule has 1 aromatic heterocycles. The molecule has 0 saturated heterocycles. The monoisotopic (exact) mass is 347 g/mol. The van der Waals surface area contributed by atoms with Crippen molar-refractivity contribution in [2.45, 2.75) is 39.3 Å². The predicted molar refractivity (Wildman–Crippen MR) is 92.5 cm³/mol. The van der Waals surface area contributed by atoms with Gasteiger partial charge in [-0.05, 0) is 24.5 Å². The third-order valence-corrected chi connectivity index (χ3v) is 3.79. The van der Waals surface area contributed by atoms with E-state index in [9.17, 15) is 19.2 Å². The molecule has 2 aromatic rings. The summed E-state index contributed by atoms with van der Waals surface area (Å²) in [6, 6.07) is 5.61. The summed E-state index contributed by atoms with van der Waals surface area (Å²) in [7, 11) is 0. The first-order valence-corrected chi connectivity index (χ1v) is 8.03. The number of fused-ring (bicyclic) bond motifs is 1. The average Bonchev–Trinajstić information content (AvgIpc) is 2.53. The van der Waals surface area contributed by atoms with E-state index >= 15 is 0 Å². The lowest BCUT2D eigenvalue weighted by atomic mass is 10.0. The highest BCUT2D eigenvalue weighted by Gasteiger charge is 2.21. The van der Waals surface area contributed by atoms with Gasteiger partial charge < -0.3 is 15.4 Å². The van der Waals surface area contributed by atoms with Crippen LogP contribution in [0.25, 0.3) is 10.9 Å². The molecule has 0 radical (unpaired) electrons. The Balaban J connectivity index is 2.12. The van der Waals surface area contributed by atoms with E-state index < -0.39 is 29.2 Å². The van der Waals surface area contributed by atoms with E-state index in [1.54, 1.807) is 24.3 Å². The third-order valence-electron chi connectivity index (χ3n) is 3.79. The Hall–Kier alpha value is -2.90. The number of nitrogens with zero attached hydrogens (tertiary/aromatic N) is 1. The van der Waals surface area contributed by atoms with Crippen LogP contribution in [0.15, 0.2) is 33.9 Å². The van der Waals surface area contributed by atoms with Gasteiger partial charge in [0.1, 0.15) is 6.04 Å². The fraction of sp³-hybridized carbons (Fsp3) is 0.412. The zero-order valence-corrected chi connectivity index (χ0v) is 14.1. The van der Waals surface area contributed by atoms with Crippen molar-refractivity contribution in [1.82, 2.24) is 14.9 Å². The number of hydrogen-bond donors (Lipinski definition) is 3. The van der Waals surface area contributed by atoms with Crippen LogP contribution in [-0.4, -0.2) is 32.6 Å². The summed E-state index contributed by atoms with van der Waals surface area (Å²) in [5, 5.41) is 11.9. The Morgan fingerprint density at radius 3 is 2.56 bits per heavy atom. The van der Waals surface area contributed by atoms with Crippen molar-refractivity contribution in [3.05, 3.63) is 45.1 Å². The number of nitrogens with one attached hydrogen (secondary N) is 2. The number of amides is 1. The number of carboxylic acids is 1. The van der Waals surface area contributed by atoms with Crippen molar-refractivity contribution in [2.75, 3.05) is 0 Å². The average molecular weight is 347 g/mol. The van der Waals surface area contributed by atoms with Gasteiger partial charge in [0, 0.05) is 13.0 Å². The topological polar surface area (TPSA) is 121 Å². The molecule has 3 N–H and O–H groups in total. The molecule has 8 nitrogen and oxygen atoms in total. The lowest BCUT2D eigenvalue weighted by Gasteiger charge is -2.16. The quantitative estimate of drug-likeness (QED) is 0.680. The molecule has 2 rings (SSSR count). The Morgan fingerprint density at radius 2 is 1.92 bits per heavy atom. The van der Waals surface area contributed by atoms with E-state index in [-0.39, 0.29) is 18.9 Å². The van der Waals surface area contributed by atoms with E-state index in [0.29, 0.717) is 17.3 Å². The summed E-state index contributed by atoms with van der Waals surface area (Å²) in [4.78, 5) is 50.1. The number of benzene rings is 1. The highest BCUT2D eigenvalue weighted by Crippen LogP contribution is 2.06. The number of para-hydroxylation sites is 1. The van der Waals surface area contributed by atoms with Gasteiger partial charge in [-0.25, -0.2) is 9.59 Å². The molecule has 1 amide bonds. The molecule has 134 valence electrons. The van der Waals surface area contributed by atoms with Crippen molar-refractivity contribution < 1.29 is 14.7 Å². The standard InChI is InChI=1S/C17H21N3O5/c1-10(2)9-13(16(23)24)18-14(21)7-8-20-15(22)11-5-3-4-6-12(11)19-17(20)25/h3-6,10,13H,7-9H2,1-2H3,(H,18,21)(H,19,25)(H,23,24)/t13-/m0/s1. The number of aliphatic carboxylic acids is 1. The summed E-state index contributed by atoms with van der Waals surface area (Å²) in [6.45, 7) is 3.59. The van der Waals surface area contributed by atoms with E-state index in [0.717, 1.165) is 4.57 Å². The zero-order valence-electron chi connectivity index (χ0n) is 14.1. The van der Waals surface area contributed by atoms with Crippen LogP contribution < -0.4 is 16.6 Å². The molecule has 0 saturated carbocycles. The van der Waals surface area contributed by atoms with Gasteiger partial charge >= 0.3 is 11.7 Å². The molecule has 1 heterocycles. The van der Waals surface area contributed by atoms with E-state index in [1.807, 2.05) is 13.8 Å². The maximum Gasteiger partial charge on any atom is 0.328 e. The molecule has 0 spiro atoms. The van der Waals surface area contributed by atoms with Gasteiger partial charge in [0.2, 0.25) is 5.91 Å². The van der Waals surface area contributed by atoms with Gasteiger partial charge in [-0.2, -0.15) is 0 Å². The largest absolute Gasteiger partial charge is 0.480 e. The molecule has 0 aliphatic heterocycles. The van der Waals surface area contributed by atoms with Crippen LogP contribution in [0.4, 0.5) is 0 Å². The van der Waals surface area contributed by atoms with Gasteiger partial charge in [-0.3, -0.25) is 14.2 Å². The molecule has 1 atom stereocenters. The minimum atomic E-state index is -1.11. The Labute approximate surface area is 143 Å². The van der Waals surface area contributed by atoms with E-state index in [4.69, 9.17) is 5.11 Å². The number of carboxylic acid groups (broad SMARTS) is 1. The van der Waals surface area contributed by atoms with Gasteiger partial charge in [0.15, 0.2) is 0 Å². The van der Waals surface area contributed by atoms with Crippen LogP contribution in [0, 0.1) is 5.92 Å². The molecule has 8 heteroatoms. The van der Waals surface area contributed by atoms with Crippen LogP contribution in [0.5, 0.6) is 0 Å². The number of aromatic nitrogens is 2. The van der Waals surface area contributed by atoms with Crippen molar-refractivity contribution in [1.29, 1.82) is 0 Å². The zero-order chi connectivity index (χ0) is 18.6. The van der Waals surface area contributed by atoms with Gasteiger partial charge in [-0.1, -0.05) is 26.0 Å². The highest BCUT2D eigenvalue weighted by molar-refractivity contribution is 5.83. The summed E-state index contributed by atoms with van der Waals surface area (Å²) < 4.78 is 0.945. The number of H-pyrrole nitrogens is 1. The van der Waals surface area contributed by atoms with Crippen molar-refractivity contribution in [3.63, 3.8) is 0 Å². The second-order valence-corrected chi connectivity index (χ2v) is 6.27. The smallest absolute Gasteiger partial charge is 0.328 e. The maximum atomic E-state index is 12.4. The lowest BCUT2D eigenvalue weighted by Crippen LogP contribution is -2.43. The van der Waals surface area contributed by atoms with Gasteiger partial charge in [0.25, 0.3) is 5.56 Å². The number of aromatic amines is 1. The normalized spacial score (nSPS) is 12.3. The predicted octanol–water partition coefficient (Wildman–Crippen LogP) is 0.695. The fourth-order valence-electron chi connectivity index (χ4n) is 2.57. The number of carbonyl (C=O) groups is 2. The molecule has 0 unspecified atom stereocenters. The van der Waals surface area contributed by atoms with Crippen LogP contribution in [-0.2, 0) is 16.1 Å². The first kappa shape index (κ1) is 18.4. The Kier molecular flexibility index (Phi) is 5.74. The number of rotatable bonds is 7. The summed E-state index contributed by atoms with van der Waals surface area (Å²) in [5.41, 5.74) is -0.654. The molecule has 0 aliphatic rings. The van der Waals surface area contributed by atoms with Crippen LogP contribution >= 0.6 is 0 Å². The van der Waals surface area contributed by atoms with Crippen molar-refractivity contribution >= 4 is 22.8 Å². The highest BCUT2D eigenvalue weighted by atomic mass is 16.4. The second-order valence-electron chi connectivity index (χ2n) is 6.27. The lowest BCUT2D eigenvalue weighted by molar-refractivity contribution is -0.142. The molecule has 1 aromatic carbocycles. The Morgan fingerprint density at radius 1 is 1.24 bits per heavy atom.